The summed E-state index contributed by atoms with van der Waals surface area (Å²) in [4.78, 5) is 23.8. The molecular weight excluding hydrogens is 361 g/mol. The van der Waals surface area contributed by atoms with Crippen molar-refractivity contribution in [3.8, 4) is 0 Å². The molecule has 2 amide bonds. The van der Waals surface area contributed by atoms with Gasteiger partial charge in [0.2, 0.25) is 5.91 Å². The molecule has 3 rings (SSSR count). The van der Waals surface area contributed by atoms with Gasteiger partial charge in [0.25, 0.3) is 5.91 Å². The van der Waals surface area contributed by atoms with Gasteiger partial charge < -0.3 is 5.32 Å². The average molecular weight is 376 g/mol. The zero-order valence-electron chi connectivity index (χ0n) is 13.1. The maximum Gasteiger partial charge on any atom is 0.271 e. The molecule has 0 aromatic heterocycles. The number of hydrogen-bond donors (Lipinski definition) is 2. The highest BCUT2D eigenvalue weighted by molar-refractivity contribution is 6.38. The number of carbonyl (C=O) groups excluding carboxylic acids is 2. The number of nitrogens with one attached hydrogen (secondary N) is 2. The number of hydrogen-bond acceptors (Lipinski definition) is 3. The summed E-state index contributed by atoms with van der Waals surface area (Å²) >= 11 is 12.0. The Hall–Kier alpha value is -2.37. The molecule has 1 aliphatic rings. The van der Waals surface area contributed by atoms with Crippen LogP contribution in [0.2, 0.25) is 10.0 Å². The van der Waals surface area contributed by atoms with Gasteiger partial charge in [0.15, 0.2) is 0 Å². The van der Waals surface area contributed by atoms with E-state index in [9.17, 15) is 9.59 Å². The van der Waals surface area contributed by atoms with Crippen LogP contribution in [-0.4, -0.2) is 18.0 Å². The molecule has 0 unspecified atom stereocenters. The van der Waals surface area contributed by atoms with Crippen LogP contribution >= 0.6 is 23.2 Å². The van der Waals surface area contributed by atoms with Crippen molar-refractivity contribution in [3.63, 3.8) is 0 Å². The van der Waals surface area contributed by atoms with Gasteiger partial charge in [0, 0.05) is 22.7 Å². The number of nitrogens with zero attached hydrogens (tertiary/aromatic N) is 1. The molecule has 0 heterocycles. The first kappa shape index (κ1) is 17.5. The molecule has 0 bridgehead atoms. The molecule has 2 N–H and O–H groups in total. The molecule has 0 atom stereocenters. The standard InChI is InChI=1S/C18H15Cl2N3O2/c19-15-2-1-3-16(20)14(15)10-21-23-18(25)12-6-8-13(9-7-12)22-17(24)11-4-5-11/h1-3,6-11H,4-5H2,(H,22,24)(H,23,25). The fraction of sp³-hybridized carbons (Fsp3) is 0.167. The second kappa shape index (κ2) is 7.68. The second-order valence-electron chi connectivity index (χ2n) is 5.68. The highest BCUT2D eigenvalue weighted by Gasteiger charge is 2.29. The van der Waals surface area contributed by atoms with Crippen molar-refractivity contribution in [2.75, 3.05) is 5.32 Å². The summed E-state index contributed by atoms with van der Waals surface area (Å²) in [5.41, 5.74) is 4.04. The van der Waals surface area contributed by atoms with E-state index in [1.165, 1.54) is 6.21 Å². The first-order valence-electron chi connectivity index (χ1n) is 7.73. The molecule has 1 saturated carbocycles. The Balaban J connectivity index is 1.59. The second-order valence-corrected chi connectivity index (χ2v) is 6.49. The molecule has 0 saturated heterocycles. The van der Waals surface area contributed by atoms with Gasteiger partial charge >= 0.3 is 0 Å². The lowest BCUT2D eigenvalue weighted by Gasteiger charge is -2.05. The molecule has 1 aliphatic carbocycles. The lowest BCUT2D eigenvalue weighted by Crippen LogP contribution is -2.18. The number of halogens is 2. The third-order valence-electron chi connectivity index (χ3n) is 3.72. The summed E-state index contributed by atoms with van der Waals surface area (Å²) in [7, 11) is 0. The summed E-state index contributed by atoms with van der Waals surface area (Å²) in [6, 6.07) is 11.7. The molecule has 25 heavy (non-hydrogen) atoms. The Kier molecular flexibility index (Phi) is 5.36. The number of rotatable bonds is 5. The van der Waals surface area contributed by atoms with Crippen molar-refractivity contribution in [1.29, 1.82) is 0 Å². The zero-order valence-corrected chi connectivity index (χ0v) is 14.6. The first-order valence-corrected chi connectivity index (χ1v) is 8.48. The number of amides is 2. The Labute approximate surface area is 155 Å². The van der Waals surface area contributed by atoms with Gasteiger partial charge in [0.1, 0.15) is 0 Å². The smallest absolute Gasteiger partial charge is 0.271 e. The highest BCUT2D eigenvalue weighted by Crippen LogP contribution is 2.30. The van der Waals surface area contributed by atoms with Gasteiger partial charge in [-0.3, -0.25) is 9.59 Å². The predicted molar refractivity (Wildman–Crippen MR) is 99.3 cm³/mol. The van der Waals surface area contributed by atoms with Crippen LogP contribution in [0.1, 0.15) is 28.8 Å². The summed E-state index contributed by atoms with van der Waals surface area (Å²) in [6.45, 7) is 0. The minimum Gasteiger partial charge on any atom is -0.326 e. The van der Waals surface area contributed by atoms with E-state index in [4.69, 9.17) is 23.2 Å². The van der Waals surface area contributed by atoms with E-state index in [-0.39, 0.29) is 17.7 Å². The summed E-state index contributed by atoms with van der Waals surface area (Å²) in [5.74, 6) is -0.216. The molecular formula is C18H15Cl2N3O2. The minimum atomic E-state index is -0.375. The number of benzene rings is 2. The van der Waals surface area contributed by atoms with Crippen LogP contribution in [0.3, 0.4) is 0 Å². The van der Waals surface area contributed by atoms with E-state index in [2.05, 4.69) is 15.8 Å². The van der Waals surface area contributed by atoms with Gasteiger partial charge in [-0.15, -0.1) is 0 Å². The van der Waals surface area contributed by atoms with E-state index in [0.29, 0.717) is 26.9 Å². The van der Waals surface area contributed by atoms with Gasteiger partial charge in [-0.2, -0.15) is 5.10 Å². The largest absolute Gasteiger partial charge is 0.326 e. The van der Waals surface area contributed by atoms with E-state index in [0.717, 1.165) is 12.8 Å². The van der Waals surface area contributed by atoms with Crippen LogP contribution in [0.4, 0.5) is 5.69 Å². The number of hydrazone groups is 1. The molecule has 1 fully saturated rings. The Morgan fingerprint density at radius 1 is 1.04 bits per heavy atom. The third-order valence-corrected chi connectivity index (χ3v) is 4.38. The predicted octanol–water partition coefficient (Wildman–Crippen LogP) is 4.11. The van der Waals surface area contributed by atoms with Crippen molar-refractivity contribution in [2.24, 2.45) is 11.0 Å². The van der Waals surface area contributed by atoms with Crippen molar-refractivity contribution in [2.45, 2.75) is 12.8 Å². The maximum atomic E-state index is 12.1. The lowest BCUT2D eigenvalue weighted by molar-refractivity contribution is -0.117. The molecule has 0 radical (unpaired) electrons. The van der Waals surface area contributed by atoms with Gasteiger partial charge in [-0.1, -0.05) is 29.3 Å². The third kappa shape index (κ3) is 4.59. The van der Waals surface area contributed by atoms with E-state index >= 15 is 0 Å². The Morgan fingerprint density at radius 3 is 2.28 bits per heavy atom. The first-order chi connectivity index (χ1) is 12.0. The molecule has 2 aromatic rings. The van der Waals surface area contributed by atoms with Crippen LogP contribution in [0.25, 0.3) is 0 Å². The van der Waals surface area contributed by atoms with Gasteiger partial charge in [-0.25, -0.2) is 5.43 Å². The zero-order chi connectivity index (χ0) is 17.8. The van der Waals surface area contributed by atoms with Crippen LogP contribution in [0.5, 0.6) is 0 Å². The van der Waals surface area contributed by atoms with E-state index < -0.39 is 0 Å². The fourth-order valence-corrected chi connectivity index (χ4v) is 2.64. The lowest BCUT2D eigenvalue weighted by atomic mass is 10.2. The summed E-state index contributed by atoms with van der Waals surface area (Å²) < 4.78 is 0. The fourth-order valence-electron chi connectivity index (χ4n) is 2.15. The van der Waals surface area contributed by atoms with Crippen molar-refractivity contribution >= 4 is 46.9 Å². The SMILES string of the molecule is O=C(NN=Cc1c(Cl)cccc1Cl)c1ccc(NC(=O)C2CC2)cc1. The summed E-state index contributed by atoms with van der Waals surface area (Å²) in [6.07, 6.45) is 3.28. The van der Waals surface area contributed by atoms with Crippen molar-refractivity contribution < 1.29 is 9.59 Å². The van der Waals surface area contributed by atoms with Gasteiger partial charge in [-0.05, 0) is 49.2 Å². The quantitative estimate of drug-likeness (QED) is 0.609. The van der Waals surface area contributed by atoms with Crippen molar-refractivity contribution in [3.05, 3.63) is 63.6 Å². The number of carbonyl (C=O) groups is 2. The van der Waals surface area contributed by atoms with E-state index in [1.807, 2.05) is 0 Å². The normalized spacial score (nSPS) is 13.7. The topological polar surface area (TPSA) is 70.6 Å². The number of anilines is 1. The van der Waals surface area contributed by atoms with Crippen LogP contribution in [-0.2, 0) is 4.79 Å². The monoisotopic (exact) mass is 375 g/mol. The van der Waals surface area contributed by atoms with E-state index in [1.54, 1.807) is 42.5 Å². The molecule has 5 nitrogen and oxygen atoms in total. The maximum absolute atomic E-state index is 12.1. The Morgan fingerprint density at radius 2 is 1.68 bits per heavy atom. The summed E-state index contributed by atoms with van der Waals surface area (Å²) in [5, 5.41) is 7.59. The van der Waals surface area contributed by atoms with Crippen LogP contribution < -0.4 is 10.7 Å². The molecule has 0 aliphatic heterocycles. The molecule has 2 aromatic carbocycles. The van der Waals surface area contributed by atoms with Gasteiger partial charge in [0.05, 0.1) is 16.3 Å². The minimum absolute atomic E-state index is 0.0263. The average Bonchev–Trinajstić information content (AvgIpc) is 3.43. The van der Waals surface area contributed by atoms with Crippen LogP contribution in [0.15, 0.2) is 47.6 Å². The molecule has 128 valence electrons. The molecule has 7 heteroatoms. The Bertz CT molecular complexity index is 810. The van der Waals surface area contributed by atoms with Crippen molar-refractivity contribution in [1.82, 2.24) is 5.43 Å². The highest BCUT2D eigenvalue weighted by atomic mass is 35.5. The van der Waals surface area contributed by atoms with Crippen LogP contribution in [0, 0.1) is 5.92 Å². The molecule has 0 spiro atoms.